The Morgan fingerprint density at radius 1 is 0.938 bits per heavy atom. The molecule has 7 unspecified atom stereocenters. The summed E-state index contributed by atoms with van der Waals surface area (Å²) in [4.78, 5) is 13.0. The molecule has 4 nitrogen and oxygen atoms in total. The number of ether oxygens (including phenoxy) is 2. The van der Waals surface area contributed by atoms with Crippen LogP contribution in [0.15, 0.2) is 0 Å². The molecule has 2 aliphatic rings. The van der Waals surface area contributed by atoms with Gasteiger partial charge in [-0.25, -0.2) is 0 Å². The number of hydrogen-bond acceptors (Lipinski definition) is 4. The molecule has 0 radical (unpaired) electrons. The lowest BCUT2D eigenvalue weighted by Crippen LogP contribution is -2.41. The Labute approximate surface area is 198 Å². The summed E-state index contributed by atoms with van der Waals surface area (Å²) in [6, 6.07) is 0. The molecule has 2 saturated carbocycles. The molecule has 1 N–H and O–H groups in total. The fraction of sp³-hybridized carbons (Fsp3) is 0.964. The fourth-order valence-corrected chi connectivity index (χ4v) is 6.10. The number of aliphatic hydroxyl groups is 1. The van der Waals surface area contributed by atoms with E-state index in [0.717, 1.165) is 32.1 Å². The van der Waals surface area contributed by atoms with Gasteiger partial charge in [0.05, 0.1) is 30.8 Å². The van der Waals surface area contributed by atoms with Gasteiger partial charge < -0.3 is 14.6 Å². The molecule has 2 fully saturated rings. The van der Waals surface area contributed by atoms with Crippen molar-refractivity contribution >= 4 is 5.97 Å². The highest BCUT2D eigenvalue weighted by atomic mass is 16.5. The topological polar surface area (TPSA) is 55.8 Å². The van der Waals surface area contributed by atoms with Crippen LogP contribution >= 0.6 is 0 Å². The molecular weight excluding hydrogens is 400 g/mol. The largest absolute Gasteiger partial charge is 0.465 e. The SMILES string of the molecule is CC(CCOC(=O)C(C(C)O)C1CCCC(C)(C(C)C)C1)OC1CCCC(C)(C(C)C)C1. The maximum atomic E-state index is 13.0. The van der Waals surface area contributed by atoms with E-state index in [4.69, 9.17) is 9.47 Å². The van der Waals surface area contributed by atoms with Crippen LogP contribution in [0.25, 0.3) is 0 Å². The lowest BCUT2D eigenvalue weighted by molar-refractivity contribution is -0.158. The lowest BCUT2D eigenvalue weighted by atomic mass is 9.62. The molecule has 0 bridgehead atoms. The molecule has 0 aromatic carbocycles. The minimum absolute atomic E-state index is 0.0752. The van der Waals surface area contributed by atoms with Gasteiger partial charge in [0.15, 0.2) is 0 Å². The number of aliphatic hydroxyl groups excluding tert-OH is 1. The average molecular weight is 453 g/mol. The van der Waals surface area contributed by atoms with Crippen molar-refractivity contribution in [1.29, 1.82) is 0 Å². The summed E-state index contributed by atoms with van der Waals surface area (Å²) in [5, 5.41) is 10.4. The Hall–Kier alpha value is -0.610. The molecule has 0 spiro atoms. The first-order valence-corrected chi connectivity index (χ1v) is 13.4. The van der Waals surface area contributed by atoms with Crippen LogP contribution in [-0.4, -0.2) is 36.0 Å². The van der Waals surface area contributed by atoms with Crippen LogP contribution in [0.4, 0.5) is 0 Å². The second kappa shape index (κ2) is 11.7. The molecule has 0 aliphatic heterocycles. The second-order valence-electron chi connectivity index (χ2n) is 12.4. The summed E-state index contributed by atoms with van der Waals surface area (Å²) >= 11 is 0. The van der Waals surface area contributed by atoms with E-state index in [1.54, 1.807) is 6.92 Å². The van der Waals surface area contributed by atoms with Crippen molar-refractivity contribution in [2.45, 2.75) is 131 Å². The first kappa shape index (κ1) is 27.6. The molecule has 0 saturated heterocycles. The third-order valence-electron chi connectivity index (χ3n) is 9.30. The van der Waals surface area contributed by atoms with E-state index >= 15 is 0 Å². The number of rotatable bonds is 10. The van der Waals surface area contributed by atoms with Crippen LogP contribution in [0, 0.1) is 34.5 Å². The monoisotopic (exact) mass is 452 g/mol. The number of hydrogen-bond donors (Lipinski definition) is 1. The molecule has 2 rings (SSSR count). The Balaban J connectivity index is 1.83. The van der Waals surface area contributed by atoms with E-state index in [-0.39, 0.29) is 23.4 Å². The lowest BCUT2D eigenvalue weighted by Gasteiger charge is -2.44. The van der Waals surface area contributed by atoms with Crippen LogP contribution in [0.3, 0.4) is 0 Å². The summed E-state index contributed by atoms with van der Waals surface area (Å²) in [5.74, 6) is 0.796. The summed E-state index contributed by atoms with van der Waals surface area (Å²) < 4.78 is 12.1. The van der Waals surface area contributed by atoms with Gasteiger partial charge in [-0.1, -0.05) is 54.4 Å². The van der Waals surface area contributed by atoms with Crippen LogP contribution in [0.5, 0.6) is 0 Å². The highest BCUT2D eigenvalue weighted by molar-refractivity contribution is 5.73. The Morgan fingerprint density at radius 3 is 2.06 bits per heavy atom. The smallest absolute Gasteiger partial charge is 0.311 e. The molecule has 2 aliphatic carbocycles. The third-order valence-corrected chi connectivity index (χ3v) is 9.30. The summed E-state index contributed by atoms with van der Waals surface area (Å²) in [7, 11) is 0. The maximum absolute atomic E-state index is 13.0. The zero-order valence-corrected chi connectivity index (χ0v) is 22.3. The van der Waals surface area contributed by atoms with Crippen LogP contribution in [0.1, 0.15) is 113 Å². The molecule has 4 heteroatoms. The number of carbonyl (C=O) groups excluding carboxylic acids is 1. The van der Waals surface area contributed by atoms with Crippen molar-refractivity contribution in [3.8, 4) is 0 Å². The van der Waals surface area contributed by atoms with E-state index in [0.29, 0.717) is 36.4 Å². The second-order valence-corrected chi connectivity index (χ2v) is 12.4. The van der Waals surface area contributed by atoms with Gasteiger partial charge in [-0.05, 0) is 81.0 Å². The predicted octanol–water partition coefficient (Wildman–Crippen LogP) is 6.78. The molecule has 0 amide bonds. The van der Waals surface area contributed by atoms with Crippen LogP contribution in [0.2, 0.25) is 0 Å². The van der Waals surface area contributed by atoms with Gasteiger partial charge in [0.1, 0.15) is 0 Å². The summed E-state index contributed by atoms with van der Waals surface area (Å²) in [5.41, 5.74) is 0.604. The molecule has 32 heavy (non-hydrogen) atoms. The molecule has 188 valence electrons. The standard InChI is InChI=1S/C28H52O4/c1-19(2)27(7)14-9-11-23(17-27)25(22(6)29)26(30)31-16-13-21(5)32-24-12-10-15-28(8,18-24)20(3)4/h19-25,29H,9-18H2,1-8H3. The van der Waals surface area contributed by atoms with Gasteiger partial charge in [0.2, 0.25) is 0 Å². The zero-order chi connectivity index (χ0) is 24.1. The first-order valence-electron chi connectivity index (χ1n) is 13.4. The van der Waals surface area contributed by atoms with E-state index in [2.05, 4.69) is 48.5 Å². The number of esters is 1. The minimum atomic E-state index is -0.674. The third kappa shape index (κ3) is 7.19. The first-order chi connectivity index (χ1) is 14.9. The Bertz CT molecular complexity index is 586. The van der Waals surface area contributed by atoms with Gasteiger partial charge in [0.25, 0.3) is 0 Å². The number of carbonyl (C=O) groups is 1. The van der Waals surface area contributed by atoms with E-state index in [1.165, 1.54) is 19.3 Å². The van der Waals surface area contributed by atoms with Crippen LogP contribution < -0.4 is 0 Å². The average Bonchev–Trinajstić information content (AvgIpc) is 2.67. The van der Waals surface area contributed by atoms with Gasteiger partial charge in [0, 0.05) is 6.42 Å². The molecular formula is C28H52O4. The zero-order valence-electron chi connectivity index (χ0n) is 22.3. The highest BCUT2D eigenvalue weighted by Crippen LogP contribution is 2.47. The molecule has 0 aromatic rings. The Morgan fingerprint density at radius 2 is 1.50 bits per heavy atom. The maximum Gasteiger partial charge on any atom is 0.311 e. The van der Waals surface area contributed by atoms with E-state index < -0.39 is 12.0 Å². The van der Waals surface area contributed by atoms with Crippen molar-refractivity contribution < 1.29 is 19.4 Å². The van der Waals surface area contributed by atoms with Gasteiger partial charge >= 0.3 is 5.97 Å². The van der Waals surface area contributed by atoms with Gasteiger partial charge in [-0.15, -0.1) is 0 Å². The van der Waals surface area contributed by atoms with Gasteiger partial charge in [-0.3, -0.25) is 4.79 Å². The van der Waals surface area contributed by atoms with Crippen molar-refractivity contribution in [3.05, 3.63) is 0 Å². The van der Waals surface area contributed by atoms with Crippen molar-refractivity contribution in [2.75, 3.05) is 6.61 Å². The summed E-state index contributed by atoms with van der Waals surface area (Å²) in [6.45, 7) is 18.1. The highest BCUT2D eigenvalue weighted by Gasteiger charge is 2.42. The van der Waals surface area contributed by atoms with Gasteiger partial charge in [-0.2, -0.15) is 0 Å². The van der Waals surface area contributed by atoms with Crippen molar-refractivity contribution in [3.63, 3.8) is 0 Å². The molecule has 7 atom stereocenters. The fourth-order valence-electron chi connectivity index (χ4n) is 6.10. The quantitative estimate of drug-likeness (QED) is 0.371. The van der Waals surface area contributed by atoms with Crippen molar-refractivity contribution in [2.24, 2.45) is 34.5 Å². The Kier molecular flexibility index (Phi) is 10.1. The van der Waals surface area contributed by atoms with Crippen LogP contribution in [-0.2, 0) is 14.3 Å². The van der Waals surface area contributed by atoms with Crippen molar-refractivity contribution in [1.82, 2.24) is 0 Å². The van der Waals surface area contributed by atoms with E-state index in [9.17, 15) is 9.90 Å². The predicted molar refractivity (Wildman–Crippen MR) is 131 cm³/mol. The summed E-state index contributed by atoms with van der Waals surface area (Å²) in [6.07, 6.45) is 9.51. The minimum Gasteiger partial charge on any atom is -0.465 e. The molecule has 0 aromatic heterocycles. The van der Waals surface area contributed by atoms with E-state index in [1.807, 2.05) is 0 Å². The normalized spacial score (nSPS) is 34.3. The molecule has 0 heterocycles.